The molecule has 0 radical (unpaired) electrons. The van der Waals surface area contributed by atoms with Crippen molar-refractivity contribution in [3.8, 4) is 0 Å². The maximum atomic E-state index is 12.8. The number of carbonyl (C=O) groups is 1. The number of aromatic amines is 1. The molecule has 1 N–H and O–H groups in total. The van der Waals surface area contributed by atoms with E-state index in [-0.39, 0.29) is 17.5 Å². The SMILES string of the molecule is Cc1sc2nc(CCC(=O)N3CCCC3c3ncccn3)[nH]c(=O)c2c1C. The molecule has 4 rings (SSSR count). The van der Waals surface area contributed by atoms with Crippen LogP contribution < -0.4 is 5.56 Å². The summed E-state index contributed by atoms with van der Waals surface area (Å²) in [4.78, 5) is 44.8. The molecular weight excluding hydrogens is 362 g/mol. The van der Waals surface area contributed by atoms with Crippen molar-refractivity contribution in [2.45, 2.75) is 45.6 Å². The lowest BCUT2D eigenvalue weighted by atomic mass is 10.2. The van der Waals surface area contributed by atoms with E-state index in [0.29, 0.717) is 36.4 Å². The van der Waals surface area contributed by atoms with E-state index in [1.807, 2.05) is 18.7 Å². The maximum Gasteiger partial charge on any atom is 0.259 e. The van der Waals surface area contributed by atoms with Gasteiger partial charge in [-0.3, -0.25) is 9.59 Å². The third-order valence-electron chi connectivity index (χ3n) is 5.12. The fourth-order valence-corrected chi connectivity index (χ4v) is 4.65. The predicted octanol–water partition coefficient (Wildman–Crippen LogP) is 2.69. The van der Waals surface area contributed by atoms with Crippen LogP contribution in [-0.2, 0) is 11.2 Å². The van der Waals surface area contributed by atoms with Crippen LogP contribution >= 0.6 is 11.3 Å². The molecular formula is C19H21N5O2S. The zero-order chi connectivity index (χ0) is 19.0. The van der Waals surface area contributed by atoms with E-state index in [9.17, 15) is 9.59 Å². The van der Waals surface area contributed by atoms with Crippen molar-refractivity contribution in [2.24, 2.45) is 0 Å². The van der Waals surface area contributed by atoms with Gasteiger partial charge in [-0.05, 0) is 38.3 Å². The highest BCUT2D eigenvalue weighted by Crippen LogP contribution is 2.30. The fourth-order valence-electron chi connectivity index (χ4n) is 3.60. The predicted molar refractivity (Wildman–Crippen MR) is 104 cm³/mol. The van der Waals surface area contributed by atoms with Crippen LogP contribution in [0.25, 0.3) is 10.2 Å². The summed E-state index contributed by atoms with van der Waals surface area (Å²) in [6.07, 6.45) is 5.96. The number of aryl methyl sites for hydroxylation is 3. The zero-order valence-corrected chi connectivity index (χ0v) is 16.2. The lowest BCUT2D eigenvalue weighted by Gasteiger charge is -2.23. The van der Waals surface area contributed by atoms with E-state index in [1.54, 1.807) is 18.5 Å². The molecule has 3 aromatic rings. The molecule has 27 heavy (non-hydrogen) atoms. The summed E-state index contributed by atoms with van der Waals surface area (Å²) in [5.74, 6) is 1.31. The van der Waals surface area contributed by atoms with Crippen LogP contribution in [0.2, 0.25) is 0 Å². The Balaban J connectivity index is 1.49. The number of fused-ring (bicyclic) bond motifs is 1. The summed E-state index contributed by atoms with van der Waals surface area (Å²) in [6, 6.07) is 1.72. The van der Waals surface area contributed by atoms with Crippen LogP contribution in [0.3, 0.4) is 0 Å². The maximum absolute atomic E-state index is 12.8. The minimum absolute atomic E-state index is 0.0474. The second-order valence-electron chi connectivity index (χ2n) is 6.83. The number of hydrogen-bond donors (Lipinski definition) is 1. The number of amides is 1. The van der Waals surface area contributed by atoms with Crippen molar-refractivity contribution in [3.05, 3.63) is 50.9 Å². The van der Waals surface area contributed by atoms with Gasteiger partial charge >= 0.3 is 0 Å². The highest BCUT2D eigenvalue weighted by Gasteiger charge is 2.31. The quantitative estimate of drug-likeness (QED) is 0.748. The first kappa shape index (κ1) is 17.8. The molecule has 8 heteroatoms. The second-order valence-corrected chi connectivity index (χ2v) is 8.03. The van der Waals surface area contributed by atoms with E-state index < -0.39 is 0 Å². The summed E-state index contributed by atoms with van der Waals surface area (Å²) >= 11 is 1.52. The van der Waals surface area contributed by atoms with Gasteiger partial charge in [0.15, 0.2) is 5.82 Å². The first-order chi connectivity index (χ1) is 13.0. The normalized spacial score (nSPS) is 17.0. The molecule has 1 aliphatic heterocycles. The van der Waals surface area contributed by atoms with Gasteiger partial charge in [-0.25, -0.2) is 15.0 Å². The van der Waals surface area contributed by atoms with Gasteiger partial charge in [0, 0.05) is 36.7 Å². The van der Waals surface area contributed by atoms with Crippen LogP contribution in [0.5, 0.6) is 0 Å². The summed E-state index contributed by atoms with van der Waals surface area (Å²) < 4.78 is 0. The molecule has 0 bridgehead atoms. The number of hydrogen-bond acceptors (Lipinski definition) is 6. The standard InChI is InChI=1S/C19H21N5O2S/c1-11-12(2)27-19-16(11)18(26)22-14(23-19)6-7-15(25)24-10-3-5-13(24)17-20-8-4-9-21-17/h4,8-9,13H,3,5-7,10H2,1-2H3,(H,22,23,26). The van der Waals surface area contributed by atoms with Gasteiger partial charge in [-0.2, -0.15) is 0 Å². The molecule has 0 saturated carbocycles. The number of nitrogens with zero attached hydrogens (tertiary/aromatic N) is 4. The topological polar surface area (TPSA) is 91.8 Å². The molecule has 3 aromatic heterocycles. The fraction of sp³-hybridized carbons (Fsp3) is 0.421. The Hall–Kier alpha value is -2.61. The number of H-pyrrole nitrogens is 1. The van der Waals surface area contributed by atoms with Crippen molar-refractivity contribution in [3.63, 3.8) is 0 Å². The third kappa shape index (κ3) is 3.37. The molecule has 0 aliphatic carbocycles. The summed E-state index contributed by atoms with van der Waals surface area (Å²) in [6.45, 7) is 4.64. The molecule has 1 unspecified atom stereocenters. The molecule has 1 amide bonds. The van der Waals surface area contributed by atoms with Crippen LogP contribution in [0.1, 0.15) is 47.4 Å². The van der Waals surface area contributed by atoms with Crippen molar-refractivity contribution >= 4 is 27.5 Å². The summed E-state index contributed by atoms with van der Waals surface area (Å²) in [7, 11) is 0. The highest BCUT2D eigenvalue weighted by atomic mass is 32.1. The van der Waals surface area contributed by atoms with Gasteiger partial charge in [-0.15, -0.1) is 11.3 Å². The minimum Gasteiger partial charge on any atom is -0.332 e. The Morgan fingerprint density at radius 2 is 2.11 bits per heavy atom. The van der Waals surface area contributed by atoms with Crippen LogP contribution in [0.15, 0.2) is 23.3 Å². The van der Waals surface area contributed by atoms with Gasteiger partial charge in [0.05, 0.1) is 11.4 Å². The average molecular weight is 383 g/mol. The van der Waals surface area contributed by atoms with E-state index in [1.165, 1.54) is 11.3 Å². The summed E-state index contributed by atoms with van der Waals surface area (Å²) in [5, 5.41) is 0.661. The Morgan fingerprint density at radius 3 is 2.89 bits per heavy atom. The smallest absolute Gasteiger partial charge is 0.259 e. The first-order valence-corrected chi connectivity index (χ1v) is 9.91. The van der Waals surface area contributed by atoms with Crippen LogP contribution in [0, 0.1) is 13.8 Å². The largest absolute Gasteiger partial charge is 0.332 e. The number of rotatable bonds is 4. The van der Waals surface area contributed by atoms with E-state index in [4.69, 9.17) is 0 Å². The van der Waals surface area contributed by atoms with Gasteiger partial charge < -0.3 is 9.88 Å². The van der Waals surface area contributed by atoms with E-state index >= 15 is 0 Å². The van der Waals surface area contributed by atoms with Gasteiger partial charge in [0.25, 0.3) is 5.56 Å². The van der Waals surface area contributed by atoms with Crippen molar-refractivity contribution in [1.82, 2.24) is 24.8 Å². The number of nitrogens with one attached hydrogen (secondary N) is 1. The van der Waals surface area contributed by atoms with Gasteiger partial charge in [0.1, 0.15) is 10.7 Å². The zero-order valence-electron chi connectivity index (χ0n) is 15.4. The van der Waals surface area contributed by atoms with E-state index in [2.05, 4.69) is 19.9 Å². The van der Waals surface area contributed by atoms with Crippen LogP contribution in [-0.4, -0.2) is 37.3 Å². The Bertz CT molecular complexity index is 1040. The number of thiophene rings is 1. The van der Waals surface area contributed by atoms with Crippen LogP contribution in [0.4, 0.5) is 0 Å². The lowest BCUT2D eigenvalue weighted by Crippen LogP contribution is -2.31. The number of carbonyl (C=O) groups excluding carboxylic acids is 1. The highest BCUT2D eigenvalue weighted by molar-refractivity contribution is 7.18. The molecule has 1 saturated heterocycles. The third-order valence-corrected chi connectivity index (χ3v) is 6.22. The molecule has 0 spiro atoms. The molecule has 140 valence electrons. The average Bonchev–Trinajstić information content (AvgIpc) is 3.26. The van der Waals surface area contributed by atoms with Gasteiger partial charge in [0.2, 0.25) is 5.91 Å². The lowest BCUT2D eigenvalue weighted by molar-refractivity contribution is -0.132. The monoisotopic (exact) mass is 383 g/mol. The molecule has 1 aliphatic rings. The molecule has 4 heterocycles. The Morgan fingerprint density at radius 1 is 1.33 bits per heavy atom. The number of likely N-dealkylation sites (tertiary alicyclic amines) is 1. The van der Waals surface area contributed by atoms with Gasteiger partial charge in [-0.1, -0.05) is 0 Å². The Kier molecular flexibility index (Phi) is 4.73. The summed E-state index contributed by atoms with van der Waals surface area (Å²) in [5.41, 5.74) is 0.857. The second kappa shape index (κ2) is 7.19. The Labute approximate surface area is 160 Å². The number of aromatic nitrogens is 4. The van der Waals surface area contributed by atoms with E-state index in [0.717, 1.165) is 28.1 Å². The first-order valence-electron chi connectivity index (χ1n) is 9.10. The molecule has 7 nitrogen and oxygen atoms in total. The molecule has 1 atom stereocenters. The minimum atomic E-state index is -0.124. The van der Waals surface area contributed by atoms with Crippen molar-refractivity contribution in [2.75, 3.05) is 6.54 Å². The van der Waals surface area contributed by atoms with Crippen molar-refractivity contribution < 1.29 is 4.79 Å². The molecule has 0 aromatic carbocycles. The molecule has 1 fully saturated rings. The van der Waals surface area contributed by atoms with Crippen molar-refractivity contribution in [1.29, 1.82) is 0 Å².